The molecule has 0 radical (unpaired) electrons. The van der Waals surface area contributed by atoms with Crippen molar-refractivity contribution in [2.24, 2.45) is 10.8 Å². The van der Waals surface area contributed by atoms with Crippen LogP contribution in [-0.2, 0) is 4.79 Å². The van der Waals surface area contributed by atoms with E-state index in [4.69, 9.17) is 14.9 Å². The molecule has 7 nitrogen and oxygen atoms in total. The lowest BCUT2D eigenvalue weighted by Gasteiger charge is -2.03. The summed E-state index contributed by atoms with van der Waals surface area (Å²) in [7, 11) is 0. The van der Waals surface area contributed by atoms with Gasteiger partial charge in [-0.1, -0.05) is 0 Å². The first-order valence-corrected chi connectivity index (χ1v) is 6.20. The number of fused-ring (bicyclic) bond motifs is 1. The van der Waals surface area contributed by atoms with Crippen molar-refractivity contribution in [3.05, 3.63) is 40.2 Å². The molecule has 0 unspecified atom stereocenters. The Morgan fingerprint density at radius 3 is 2.95 bits per heavy atom. The van der Waals surface area contributed by atoms with Gasteiger partial charge in [-0.2, -0.15) is 5.10 Å². The molecular formula is C13H11N3O4S. The number of rotatable bonds is 3. The lowest BCUT2D eigenvalue weighted by molar-refractivity contribution is -0.131. The van der Waals surface area contributed by atoms with E-state index in [9.17, 15) is 9.59 Å². The maximum atomic E-state index is 12.2. The first-order chi connectivity index (χ1) is 9.97. The van der Waals surface area contributed by atoms with E-state index in [1.54, 1.807) is 0 Å². The summed E-state index contributed by atoms with van der Waals surface area (Å²) in [6, 6.07) is 4.49. The number of nitrogens with two attached hydrogens (primary N) is 1. The minimum absolute atomic E-state index is 0.0116. The highest BCUT2D eigenvalue weighted by molar-refractivity contribution is 7.80. The Morgan fingerprint density at radius 1 is 1.52 bits per heavy atom. The number of hydrogen-bond acceptors (Lipinski definition) is 6. The van der Waals surface area contributed by atoms with E-state index < -0.39 is 5.97 Å². The van der Waals surface area contributed by atoms with Crippen molar-refractivity contribution in [3.63, 3.8) is 0 Å². The van der Waals surface area contributed by atoms with Gasteiger partial charge in [0.2, 0.25) is 5.43 Å². The summed E-state index contributed by atoms with van der Waals surface area (Å²) in [4.78, 5) is 23.1. The van der Waals surface area contributed by atoms with Crippen LogP contribution in [0, 0.1) is 0 Å². The van der Waals surface area contributed by atoms with Gasteiger partial charge in [-0.15, -0.1) is 0 Å². The van der Waals surface area contributed by atoms with Gasteiger partial charge < -0.3 is 14.9 Å². The van der Waals surface area contributed by atoms with Crippen molar-refractivity contribution in [1.29, 1.82) is 0 Å². The Hall–Kier alpha value is -2.74. The maximum absolute atomic E-state index is 12.2. The molecule has 108 valence electrons. The molecule has 0 spiro atoms. The van der Waals surface area contributed by atoms with Crippen molar-refractivity contribution in [2.75, 3.05) is 0 Å². The molecule has 1 aromatic heterocycles. The molecule has 0 amide bonds. The quantitative estimate of drug-likeness (QED) is 0.285. The second-order valence-electron chi connectivity index (χ2n) is 4.01. The Labute approximate surface area is 124 Å². The van der Waals surface area contributed by atoms with Crippen molar-refractivity contribution < 1.29 is 13.9 Å². The van der Waals surface area contributed by atoms with Gasteiger partial charge in [0.25, 0.3) is 0 Å². The Bertz CT molecular complexity index is 798. The van der Waals surface area contributed by atoms with E-state index in [0.29, 0.717) is 16.7 Å². The first kappa shape index (κ1) is 14.7. The van der Waals surface area contributed by atoms with E-state index in [1.165, 1.54) is 37.6 Å². The number of esters is 1. The van der Waals surface area contributed by atoms with Gasteiger partial charge in [-0.25, -0.2) is 0 Å². The maximum Gasteiger partial charge on any atom is 0.308 e. The zero-order valence-corrected chi connectivity index (χ0v) is 11.8. The predicted octanol–water partition coefficient (Wildman–Crippen LogP) is 0.885. The van der Waals surface area contributed by atoms with Gasteiger partial charge in [-0.3, -0.25) is 15.0 Å². The summed E-state index contributed by atoms with van der Waals surface area (Å²) in [6.07, 6.45) is 2.50. The number of carbonyl (C=O) groups excluding carboxylic acids is 1. The van der Waals surface area contributed by atoms with Crippen LogP contribution in [0.25, 0.3) is 11.0 Å². The van der Waals surface area contributed by atoms with Crippen LogP contribution in [0.5, 0.6) is 5.75 Å². The van der Waals surface area contributed by atoms with Gasteiger partial charge >= 0.3 is 5.97 Å². The van der Waals surface area contributed by atoms with Crippen molar-refractivity contribution in [3.8, 4) is 5.75 Å². The molecule has 0 aliphatic rings. The molecule has 0 saturated carbocycles. The number of carbonyl (C=O) groups is 1. The fourth-order valence-corrected chi connectivity index (χ4v) is 1.66. The third-order valence-electron chi connectivity index (χ3n) is 2.41. The highest BCUT2D eigenvalue weighted by Crippen LogP contribution is 2.19. The van der Waals surface area contributed by atoms with Crippen LogP contribution in [0.2, 0.25) is 0 Å². The molecule has 0 saturated heterocycles. The van der Waals surface area contributed by atoms with Gasteiger partial charge in [0.15, 0.2) is 5.11 Å². The average Bonchev–Trinajstić information content (AvgIpc) is 2.40. The van der Waals surface area contributed by atoms with Crippen LogP contribution in [0.4, 0.5) is 0 Å². The molecule has 8 heteroatoms. The summed E-state index contributed by atoms with van der Waals surface area (Å²) in [5.41, 5.74) is 7.80. The van der Waals surface area contributed by atoms with E-state index in [2.05, 4.69) is 22.7 Å². The number of benzene rings is 1. The number of ether oxygens (including phenoxy) is 1. The normalized spacial score (nSPS) is 10.7. The largest absolute Gasteiger partial charge is 0.463 e. The van der Waals surface area contributed by atoms with Crippen LogP contribution in [-0.4, -0.2) is 17.3 Å². The predicted molar refractivity (Wildman–Crippen MR) is 81.3 cm³/mol. The number of nitrogens with zero attached hydrogens (tertiary/aromatic N) is 1. The zero-order valence-electron chi connectivity index (χ0n) is 11.0. The first-order valence-electron chi connectivity index (χ1n) is 5.80. The molecular weight excluding hydrogens is 294 g/mol. The third kappa shape index (κ3) is 3.63. The summed E-state index contributed by atoms with van der Waals surface area (Å²) >= 11 is 4.58. The van der Waals surface area contributed by atoms with Crippen LogP contribution in [0.3, 0.4) is 0 Å². The third-order valence-corrected chi connectivity index (χ3v) is 2.50. The second kappa shape index (κ2) is 6.14. The minimum Gasteiger partial charge on any atom is -0.463 e. The van der Waals surface area contributed by atoms with Gasteiger partial charge in [-0.05, 0) is 24.4 Å². The van der Waals surface area contributed by atoms with Crippen LogP contribution >= 0.6 is 12.2 Å². The highest BCUT2D eigenvalue weighted by atomic mass is 32.1. The lowest BCUT2D eigenvalue weighted by Crippen LogP contribution is -2.24. The average molecular weight is 305 g/mol. The van der Waals surface area contributed by atoms with Crippen molar-refractivity contribution in [2.45, 2.75) is 6.92 Å². The molecule has 0 fully saturated rings. The molecule has 0 bridgehead atoms. The highest BCUT2D eigenvalue weighted by Gasteiger charge is 2.07. The van der Waals surface area contributed by atoms with Gasteiger partial charge in [0.05, 0.1) is 17.2 Å². The van der Waals surface area contributed by atoms with Crippen LogP contribution < -0.4 is 21.3 Å². The molecule has 0 aliphatic carbocycles. The fourth-order valence-electron chi connectivity index (χ4n) is 1.61. The standard InChI is InChI=1S/C13H11N3O4S/c1-7(17)20-9-2-3-10-11(4-9)19-6-8(12(10)18)5-15-16-13(14)21/h2-6H,1H3,(H3,14,16,21)/b15-5-. The molecule has 3 N–H and O–H groups in total. The minimum atomic E-state index is -0.454. The van der Waals surface area contributed by atoms with E-state index in [-0.39, 0.29) is 16.1 Å². The van der Waals surface area contributed by atoms with Crippen molar-refractivity contribution >= 4 is 40.5 Å². The molecule has 1 heterocycles. The van der Waals surface area contributed by atoms with Crippen LogP contribution in [0.15, 0.2) is 38.8 Å². The number of hydrogen-bond donors (Lipinski definition) is 2. The van der Waals surface area contributed by atoms with Crippen LogP contribution in [0.1, 0.15) is 12.5 Å². The Balaban J connectivity index is 2.39. The van der Waals surface area contributed by atoms with E-state index >= 15 is 0 Å². The van der Waals surface area contributed by atoms with Gasteiger partial charge in [0.1, 0.15) is 17.6 Å². The molecule has 2 rings (SSSR count). The second-order valence-corrected chi connectivity index (χ2v) is 4.45. The molecule has 2 aromatic rings. The topological polar surface area (TPSA) is 107 Å². The fraction of sp³-hybridized carbons (Fsp3) is 0.0769. The summed E-state index contributed by atoms with van der Waals surface area (Å²) in [6.45, 7) is 1.29. The summed E-state index contributed by atoms with van der Waals surface area (Å²) < 4.78 is 10.2. The summed E-state index contributed by atoms with van der Waals surface area (Å²) in [5.74, 6) is -0.154. The molecule has 1 aromatic carbocycles. The van der Waals surface area contributed by atoms with E-state index in [0.717, 1.165) is 0 Å². The summed E-state index contributed by atoms with van der Waals surface area (Å²) in [5, 5.41) is 4.02. The SMILES string of the molecule is CC(=O)Oc1ccc2c(=O)c(/C=N\NC(N)=S)coc2c1. The number of hydrazone groups is 1. The molecule has 21 heavy (non-hydrogen) atoms. The lowest BCUT2D eigenvalue weighted by atomic mass is 10.2. The Morgan fingerprint density at radius 2 is 2.29 bits per heavy atom. The van der Waals surface area contributed by atoms with Gasteiger partial charge in [0, 0.05) is 13.0 Å². The Kier molecular flexibility index (Phi) is 4.29. The molecule has 0 atom stereocenters. The van der Waals surface area contributed by atoms with E-state index in [1.807, 2.05) is 0 Å². The number of nitrogens with one attached hydrogen (secondary N) is 1. The molecule has 0 aliphatic heterocycles. The number of thiocarbonyl (C=S) groups is 1. The smallest absolute Gasteiger partial charge is 0.308 e. The monoisotopic (exact) mass is 305 g/mol. The zero-order chi connectivity index (χ0) is 15.4. The van der Waals surface area contributed by atoms with Crippen molar-refractivity contribution in [1.82, 2.24) is 5.43 Å².